The molecule has 0 saturated carbocycles. The Balaban J connectivity index is 1.35. The molecule has 1 fully saturated rings. The molecule has 2 aliphatic carbocycles. The number of aliphatic carboxylic acids is 1. The van der Waals surface area contributed by atoms with Crippen molar-refractivity contribution in [3.8, 4) is 11.1 Å². The highest BCUT2D eigenvalue weighted by molar-refractivity contribution is 5.82. The van der Waals surface area contributed by atoms with Crippen LogP contribution in [0.3, 0.4) is 0 Å². The van der Waals surface area contributed by atoms with E-state index in [1.54, 1.807) is 0 Å². The first kappa shape index (κ1) is 18.0. The fraction of sp³-hybridized carbons (Fsp3) is 0.333. The van der Waals surface area contributed by atoms with Gasteiger partial charge in [-0.2, -0.15) is 0 Å². The average molecular weight is 389 g/mol. The summed E-state index contributed by atoms with van der Waals surface area (Å²) in [5.41, 5.74) is 4.49. The molecule has 1 saturated heterocycles. The maximum absolute atomic E-state index is 12.9. The standard InChI is InChI=1S/C24H23NO4/c26-22(27)21-13-24(11-5-6-12-24)15-25(21)23(28)29-14-20-18-9-3-1-7-16(18)17-8-2-4-10-19(17)20/h1-10,20-21H,11-15H2,(H,26,27)/t21-/m0/s1. The molecule has 0 radical (unpaired) electrons. The fourth-order valence-corrected chi connectivity index (χ4v) is 5.19. The molecule has 1 heterocycles. The molecule has 29 heavy (non-hydrogen) atoms. The number of benzene rings is 2. The molecule has 5 rings (SSSR count). The normalized spacial score (nSPS) is 21.4. The minimum absolute atomic E-state index is 0.0284. The summed E-state index contributed by atoms with van der Waals surface area (Å²) >= 11 is 0. The number of ether oxygens (including phenoxy) is 1. The van der Waals surface area contributed by atoms with Crippen LogP contribution < -0.4 is 0 Å². The van der Waals surface area contributed by atoms with Crippen LogP contribution in [0.5, 0.6) is 0 Å². The third kappa shape index (κ3) is 2.92. The predicted octanol–water partition coefficient (Wildman–Crippen LogP) is 4.43. The number of rotatable bonds is 3. The van der Waals surface area contributed by atoms with Gasteiger partial charge in [0.15, 0.2) is 0 Å². The van der Waals surface area contributed by atoms with Crippen molar-refractivity contribution in [2.75, 3.05) is 13.2 Å². The topological polar surface area (TPSA) is 66.8 Å². The van der Waals surface area contributed by atoms with Crippen molar-refractivity contribution < 1.29 is 19.4 Å². The largest absolute Gasteiger partial charge is 0.480 e. The second-order valence-corrected chi connectivity index (χ2v) is 8.37. The molecule has 1 spiro atoms. The maximum Gasteiger partial charge on any atom is 0.410 e. The van der Waals surface area contributed by atoms with Gasteiger partial charge in [-0.15, -0.1) is 0 Å². The highest BCUT2D eigenvalue weighted by Crippen LogP contribution is 2.46. The van der Waals surface area contributed by atoms with Crippen molar-refractivity contribution in [1.82, 2.24) is 4.90 Å². The second kappa shape index (κ2) is 6.76. The fourth-order valence-electron chi connectivity index (χ4n) is 5.19. The molecule has 5 nitrogen and oxygen atoms in total. The first-order chi connectivity index (χ1) is 14.1. The van der Waals surface area contributed by atoms with E-state index in [9.17, 15) is 14.7 Å². The summed E-state index contributed by atoms with van der Waals surface area (Å²) in [6.45, 7) is 0.647. The Morgan fingerprint density at radius 2 is 1.59 bits per heavy atom. The SMILES string of the molecule is O=C(O)[C@@H]1CC2(CC=CC2)CN1C(=O)OCC1c2ccccc2-c2ccccc21. The van der Waals surface area contributed by atoms with E-state index in [-0.39, 0.29) is 17.9 Å². The van der Waals surface area contributed by atoms with Crippen LogP contribution >= 0.6 is 0 Å². The van der Waals surface area contributed by atoms with E-state index >= 15 is 0 Å². The maximum atomic E-state index is 12.9. The van der Waals surface area contributed by atoms with Crippen molar-refractivity contribution in [2.24, 2.45) is 5.41 Å². The molecule has 0 bridgehead atoms. The zero-order valence-corrected chi connectivity index (χ0v) is 16.1. The van der Waals surface area contributed by atoms with Gasteiger partial charge in [0.05, 0.1) is 0 Å². The molecule has 1 atom stereocenters. The Morgan fingerprint density at radius 3 is 2.17 bits per heavy atom. The van der Waals surface area contributed by atoms with E-state index in [1.807, 2.05) is 24.3 Å². The Hall–Kier alpha value is -3.08. The van der Waals surface area contributed by atoms with Crippen LogP contribution in [0, 0.1) is 5.41 Å². The molecule has 1 N–H and O–H groups in total. The van der Waals surface area contributed by atoms with E-state index in [0.29, 0.717) is 13.0 Å². The van der Waals surface area contributed by atoms with Crippen LogP contribution in [0.15, 0.2) is 60.7 Å². The number of carbonyl (C=O) groups is 2. The van der Waals surface area contributed by atoms with Crippen LogP contribution in [0.4, 0.5) is 4.79 Å². The predicted molar refractivity (Wildman–Crippen MR) is 109 cm³/mol. The van der Waals surface area contributed by atoms with Gasteiger partial charge in [0, 0.05) is 12.5 Å². The van der Waals surface area contributed by atoms with Gasteiger partial charge in [-0.1, -0.05) is 60.7 Å². The number of carboxylic acid groups (broad SMARTS) is 1. The van der Waals surface area contributed by atoms with Gasteiger partial charge in [-0.05, 0) is 46.9 Å². The number of allylic oxidation sites excluding steroid dienone is 2. The van der Waals surface area contributed by atoms with Crippen molar-refractivity contribution in [3.63, 3.8) is 0 Å². The molecule has 148 valence electrons. The summed E-state index contributed by atoms with van der Waals surface area (Å²) < 4.78 is 5.71. The van der Waals surface area contributed by atoms with Crippen molar-refractivity contribution in [1.29, 1.82) is 0 Å². The smallest absolute Gasteiger partial charge is 0.410 e. The van der Waals surface area contributed by atoms with Crippen molar-refractivity contribution >= 4 is 12.1 Å². The molecular formula is C24H23NO4. The van der Waals surface area contributed by atoms with Gasteiger partial charge in [0.25, 0.3) is 0 Å². The lowest BCUT2D eigenvalue weighted by atomic mass is 9.83. The zero-order valence-electron chi connectivity index (χ0n) is 16.1. The van der Waals surface area contributed by atoms with Crippen LogP contribution in [0.1, 0.15) is 36.3 Å². The highest BCUT2D eigenvalue weighted by Gasteiger charge is 2.49. The monoisotopic (exact) mass is 389 g/mol. The number of carboxylic acids is 1. The van der Waals surface area contributed by atoms with E-state index < -0.39 is 18.1 Å². The molecule has 1 aliphatic heterocycles. The summed E-state index contributed by atoms with van der Waals surface area (Å²) in [4.78, 5) is 26.1. The van der Waals surface area contributed by atoms with Crippen LogP contribution in [0.25, 0.3) is 11.1 Å². The van der Waals surface area contributed by atoms with Gasteiger partial charge in [0.2, 0.25) is 0 Å². The minimum atomic E-state index is -0.956. The molecular weight excluding hydrogens is 366 g/mol. The first-order valence-corrected chi connectivity index (χ1v) is 10.1. The van der Waals surface area contributed by atoms with Gasteiger partial charge >= 0.3 is 12.1 Å². The Labute approximate surface area is 169 Å². The number of fused-ring (bicyclic) bond motifs is 3. The number of likely N-dealkylation sites (tertiary alicyclic amines) is 1. The number of amides is 1. The number of hydrogen-bond donors (Lipinski definition) is 1. The van der Waals surface area contributed by atoms with E-state index in [1.165, 1.54) is 16.0 Å². The highest BCUT2D eigenvalue weighted by atomic mass is 16.6. The minimum Gasteiger partial charge on any atom is -0.480 e. The third-order valence-electron chi connectivity index (χ3n) is 6.63. The van der Waals surface area contributed by atoms with Crippen LogP contribution in [0.2, 0.25) is 0 Å². The summed E-state index contributed by atoms with van der Waals surface area (Å²) in [7, 11) is 0. The van der Waals surface area contributed by atoms with Gasteiger partial charge in [0.1, 0.15) is 12.6 Å². The summed E-state index contributed by atoms with van der Waals surface area (Å²) in [6, 6.07) is 15.5. The average Bonchev–Trinajstić information content (AvgIpc) is 3.43. The molecule has 5 heteroatoms. The lowest BCUT2D eigenvalue weighted by Gasteiger charge is -2.24. The number of hydrogen-bond acceptors (Lipinski definition) is 3. The molecule has 0 unspecified atom stereocenters. The van der Waals surface area contributed by atoms with Gasteiger partial charge in [-0.3, -0.25) is 4.90 Å². The molecule has 2 aromatic carbocycles. The van der Waals surface area contributed by atoms with Crippen LogP contribution in [-0.2, 0) is 9.53 Å². The van der Waals surface area contributed by atoms with Gasteiger partial charge in [-0.25, -0.2) is 9.59 Å². The molecule has 3 aliphatic rings. The van der Waals surface area contributed by atoms with Crippen molar-refractivity contribution in [2.45, 2.75) is 31.2 Å². The second-order valence-electron chi connectivity index (χ2n) is 8.37. The Kier molecular flexibility index (Phi) is 4.19. The third-order valence-corrected chi connectivity index (χ3v) is 6.63. The Morgan fingerprint density at radius 1 is 1.00 bits per heavy atom. The first-order valence-electron chi connectivity index (χ1n) is 10.1. The van der Waals surface area contributed by atoms with Crippen molar-refractivity contribution in [3.05, 3.63) is 71.8 Å². The van der Waals surface area contributed by atoms with Crippen LogP contribution in [-0.4, -0.2) is 41.3 Å². The molecule has 2 aromatic rings. The van der Waals surface area contributed by atoms with E-state index in [0.717, 1.165) is 24.0 Å². The quantitative estimate of drug-likeness (QED) is 0.789. The number of carbonyl (C=O) groups excluding carboxylic acids is 1. The summed E-state index contributed by atoms with van der Waals surface area (Å²) in [6.07, 6.45) is 5.77. The number of nitrogens with zero attached hydrogens (tertiary/aromatic N) is 1. The molecule has 0 aromatic heterocycles. The lowest BCUT2D eigenvalue weighted by Crippen LogP contribution is -2.41. The van der Waals surface area contributed by atoms with Gasteiger partial charge < -0.3 is 9.84 Å². The lowest BCUT2D eigenvalue weighted by molar-refractivity contribution is -0.141. The molecule has 1 amide bonds. The summed E-state index contributed by atoms with van der Waals surface area (Å²) in [5.74, 6) is -0.985. The Bertz CT molecular complexity index is 958. The summed E-state index contributed by atoms with van der Waals surface area (Å²) in [5, 5.41) is 9.65. The van der Waals surface area contributed by atoms with E-state index in [4.69, 9.17) is 4.74 Å². The zero-order chi connectivity index (χ0) is 20.0. The van der Waals surface area contributed by atoms with E-state index in [2.05, 4.69) is 36.4 Å².